The first-order chi connectivity index (χ1) is 15.2. The fraction of sp³-hybridized carbons (Fsp3) is 0.0385. The number of anilines is 1. The molecule has 0 radical (unpaired) electrons. The minimum absolute atomic E-state index is 0.0334. The van der Waals surface area contributed by atoms with E-state index in [4.69, 9.17) is 4.42 Å². The molecule has 3 aromatic carbocycles. The summed E-state index contributed by atoms with van der Waals surface area (Å²) in [5.41, 5.74) is 2.83. The van der Waals surface area contributed by atoms with Gasteiger partial charge in [0.15, 0.2) is 5.78 Å². The van der Waals surface area contributed by atoms with Crippen LogP contribution in [0.2, 0.25) is 0 Å². The summed E-state index contributed by atoms with van der Waals surface area (Å²) in [7, 11) is 0. The molecular formula is C26H18N2O3. The second-order valence-electron chi connectivity index (χ2n) is 6.87. The summed E-state index contributed by atoms with van der Waals surface area (Å²) in [4.78, 5) is 24.9. The molecule has 0 atom stereocenters. The standard InChI is InChI=1S/C26H18N2O3/c27-17-21-24(19-12-6-2-7-13-19)25(20-14-8-3-9-15-20)31-26(21)28-23(30)16-22(29)18-10-4-1-5-11-18/h1-15H,16H2,(H,28,30). The van der Waals surface area contributed by atoms with E-state index < -0.39 is 5.91 Å². The number of nitriles is 1. The van der Waals surface area contributed by atoms with Gasteiger partial charge >= 0.3 is 0 Å². The Morgan fingerprint density at radius 2 is 1.35 bits per heavy atom. The van der Waals surface area contributed by atoms with Crippen molar-refractivity contribution in [1.82, 2.24) is 0 Å². The van der Waals surface area contributed by atoms with E-state index in [2.05, 4.69) is 11.4 Å². The van der Waals surface area contributed by atoms with E-state index in [9.17, 15) is 14.9 Å². The molecule has 0 aliphatic heterocycles. The molecule has 0 saturated heterocycles. The van der Waals surface area contributed by atoms with Crippen molar-refractivity contribution in [3.8, 4) is 28.5 Å². The number of nitrogens with one attached hydrogen (secondary N) is 1. The Bertz CT molecular complexity index is 1250. The van der Waals surface area contributed by atoms with Crippen molar-refractivity contribution in [2.75, 3.05) is 5.32 Å². The molecule has 0 saturated carbocycles. The van der Waals surface area contributed by atoms with E-state index in [-0.39, 0.29) is 23.7 Å². The lowest BCUT2D eigenvalue weighted by Gasteiger charge is -2.03. The molecule has 1 heterocycles. The molecule has 0 fully saturated rings. The summed E-state index contributed by atoms with van der Waals surface area (Å²) in [6.07, 6.45) is -0.350. The third-order valence-electron chi connectivity index (χ3n) is 4.79. The third kappa shape index (κ3) is 4.29. The molecule has 0 aliphatic carbocycles. The zero-order valence-corrected chi connectivity index (χ0v) is 16.5. The van der Waals surface area contributed by atoms with Gasteiger partial charge in [0.1, 0.15) is 17.4 Å². The Kier molecular flexibility index (Phi) is 5.72. The maximum absolute atomic E-state index is 12.6. The number of hydrogen-bond acceptors (Lipinski definition) is 4. The van der Waals surface area contributed by atoms with Gasteiger partial charge in [-0.05, 0) is 5.56 Å². The first-order valence-corrected chi connectivity index (χ1v) is 9.73. The molecule has 1 aromatic heterocycles. The van der Waals surface area contributed by atoms with Crippen LogP contribution in [0.5, 0.6) is 0 Å². The molecule has 5 heteroatoms. The third-order valence-corrected chi connectivity index (χ3v) is 4.79. The number of furan rings is 1. The number of nitrogens with zero attached hydrogens (tertiary/aromatic N) is 1. The van der Waals surface area contributed by atoms with Crippen LogP contribution in [0.25, 0.3) is 22.5 Å². The second-order valence-corrected chi connectivity index (χ2v) is 6.87. The van der Waals surface area contributed by atoms with Crippen molar-refractivity contribution in [2.24, 2.45) is 0 Å². The molecule has 150 valence electrons. The largest absolute Gasteiger partial charge is 0.438 e. The summed E-state index contributed by atoms with van der Waals surface area (Å²) in [6, 6.07) is 29.5. The van der Waals surface area contributed by atoms with Crippen molar-refractivity contribution in [3.05, 3.63) is 102 Å². The van der Waals surface area contributed by atoms with Gasteiger partial charge in [-0.15, -0.1) is 0 Å². The number of rotatable bonds is 6. The predicted octanol–water partition coefficient (Wildman–Crippen LogP) is 5.70. The van der Waals surface area contributed by atoms with Crippen LogP contribution >= 0.6 is 0 Å². The molecule has 0 spiro atoms. The topological polar surface area (TPSA) is 83.1 Å². The van der Waals surface area contributed by atoms with E-state index >= 15 is 0 Å². The quantitative estimate of drug-likeness (QED) is 0.329. The van der Waals surface area contributed by atoms with Crippen LogP contribution in [0.4, 0.5) is 5.88 Å². The van der Waals surface area contributed by atoms with Crippen molar-refractivity contribution in [3.63, 3.8) is 0 Å². The van der Waals surface area contributed by atoms with Crippen molar-refractivity contribution in [1.29, 1.82) is 5.26 Å². The van der Waals surface area contributed by atoms with Crippen LogP contribution < -0.4 is 5.32 Å². The predicted molar refractivity (Wildman–Crippen MR) is 118 cm³/mol. The molecule has 4 aromatic rings. The number of carbonyl (C=O) groups excluding carboxylic acids is 2. The fourth-order valence-corrected chi connectivity index (χ4v) is 3.34. The Morgan fingerprint density at radius 3 is 1.94 bits per heavy atom. The monoisotopic (exact) mass is 406 g/mol. The molecule has 4 rings (SSSR count). The average Bonchev–Trinajstić information content (AvgIpc) is 3.18. The van der Waals surface area contributed by atoms with Crippen LogP contribution in [-0.4, -0.2) is 11.7 Å². The molecule has 0 unspecified atom stereocenters. The van der Waals surface area contributed by atoms with Crippen LogP contribution in [0, 0.1) is 11.3 Å². The number of Topliss-reactive ketones (excluding diaryl/α,β-unsaturated/α-hetero) is 1. The SMILES string of the molecule is N#Cc1c(NC(=O)CC(=O)c2ccccc2)oc(-c2ccccc2)c1-c1ccccc1. The van der Waals surface area contributed by atoms with Gasteiger partial charge in [0, 0.05) is 16.7 Å². The van der Waals surface area contributed by atoms with Gasteiger partial charge in [0.05, 0.1) is 6.42 Å². The van der Waals surface area contributed by atoms with Crippen molar-refractivity contribution < 1.29 is 14.0 Å². The van der Waals surface area contributed by atoms with Gasteiger partial charge in [0.2, 0.25) is 11.8 Å². The maximum Gasteiger partial charge on any atom is 0.234 e. The fourth-order valence-electron chi connectivity index (χ4n) is 3.34. The molecule has 1 amide bonds. The smallest absolute Gasteiger partial charge is 0.234 e. The van der Waals surface area contributed by atoms with Crippen molar-refractivity contribution in [2.45, 2.75) is 6.42 Å². The first kappa shape index (κ1) is 19.9. The van der Waals surface area contributed by atoms with Crippen molar-refractivity contribution >= 4 is 17.6 Å². The van der Waals surface area contributed by atoms with E-state index in [1.54, 1.807) is 30.3 Å². The van der Waals surface area contributed by atoms with E-state index in [0.717, 1.165) is 11.1 Å². The number of hydrogen-bond donors (Lipinski definition) is 1. The van der Waals surface area contributed by atoms with Gasteiger partial charge in [-0.25, -0.2) is 0 Å². The highest BCUT2D eigenvalue weighted by molar-refractivity contribution is 6.11. The minimum atomic E-state index is -0.543. The van der Waals surface area contributed by atoms with Gasteiger partial charge in [-0.2, -0.15) is 5.26 Å². The number of amides is 1. The normalized spacial score (nSPS) is 10.3. The van der Waals surface area contributed by atoms with Gasteiger partial charge < -0.3 is 4.42 Å². The zero-order chi connectivity index (χ0) is 21.6. The van der Waals surface area contributed by atoms with Crippen LogP contribution in [0.3, 0.4) is 0 Å². The zero-order valence-electron chi connectivity index (χ0n) is 16.5. The summed E-state index contributed by atoms with van der Waals surface area (Å²) in [5, 5.41) is 12.5. The maximum atomic E-state index is 12.6. The lowest BCUT2D eigenvalue weighted by Crippen LogP contribution is -2.16. The van der Waals surface area contributed by atoms with Gasteiger partial charge in [-0.3, -0.25) is 14.9 Å². The molecule has 0 aliphatic rings. The summed E-state index contributed by atoms with van der Waals surface area (Å²) >= 11 is 0. The van der Waals surface area contributed by atoms with E-state index in [0.29, 0.717) is 16.9 Å². The molecule has 1 N–H and O–H groups in total. The minimum Gasteiger partial charge on any atom is -0.438 e. The highest BCUT2D eigenvalue weighted by atomic mass is 16.4. The Hall–Kier alpha value is -4.43. The van der Waals surface area contributed by atoms with Crippen LogP contribution in [-0.2, 0) is 4.79 Å². The van der Waals surface area contributed by atoms with E-state index in [1.807, 2.05) is 60.7 Å². The first-order valence-electron chi connectivity index (χ1n) is 9.73. The average molecular weight is 406 g/mol. The van der Waals surface area contributed by atoms with Gasteiger partial charge in [-0.1, -0.05) is 91.0 Å². The Balaban J connectivity index is 1.70. The summed E-state index contributed by atoms with van der Waals surface area (Å²) in [6.45, 7) is 0. The highest BCUT2D eigenvalue weighted by Gasteiger charge is 2.24. The molecular weight excluding hydrogens is 388 g/mol. The van der Waals surface area contributed by atoms with Crippen LogP contribution in [0.1, 0.15) is 22.3 Å². The summed E-state index contributed by atoms with van der Waals surface area (Å²) < 4.78 is 5.97. The molecule has 0 bridgehead atoms. The van der Waals surface area contributed by atoms with Crippen LogP contribution in [0.15, 0.2) is 95.4 Å². The molecule has 5 nitrogen and oxygen atoms in total. The Morgan fingerprint density at radius 1 is 0.806 bits per heavy atom. The second kappa shape index (κ2) is 8.93. The highest BCUT2D eigenvalue weighted by Crippen LogP contribution is 2.41. The number of ketones is 1. The lowest BCUT2D eigenvalue weighted by molar-refractivity contribution is -0.115. The lowest BCUT2D eigenvalue weighted by atomic mass is 9.98. The van der Waals surface area contributed by atoms with E-state index in [1.165, 1.54) is 0 Å². The van der Waals surface area contributed by atoms with Gasteiger partial charge in [0.25, 0.3) is 0 Å². The molecule has 31 heavy (non-hydrogen) atoms. The Labute approximate surface area is 179 Å². The number of carbonyl (C=O) groups is 2. The summed E-state index contributed by atoms with van der Waals surface area (Å²) in [5.74, 6) is -0.341. The number of benzene rings is 3.